The van der Waals surface area contributed by atoms with Gasteiger partial charge < -0.3 is 13.7 Å². The van der Waals surface area contributed by atoms with Crippen LogP contribution >= 0.6 is 23.1 Å². The number of fused-ring (bicyclic) bond motifs is 7. The van der Waals surface area contributed by atoms with Crippen molar-refractivity contribution in [2.24, 2.45) is 0 Å². The molecule has 1 atom stereocenters. The minimum absolute atomic E-state index is 0.0120. The van der Waals surface area contributed by atoms with Gasteiger partial charge in [-0.25, -0.2) is 9.97 Å². The zero-order valence-corrected chi connectivity index (χ0v) is 37.7. The Kier molecular flexibility index (Phi) is 9.51. The Hall–Kier alpha value is -7.97. The lowest BCUT2D eigenvalue weighted by Crippen LogP contribution is -2.10. The molecular formula is C60H39N3O2S2. The molecule has 12 aromatic rings. The number of oxazole rings is 2. The monoisotopic (exact) mass is 897 g/mol. The number of aromatic nitrogens is 2. The van der Waals surface area contributed by atoms with Crippen LogP contribution in [-0.2, 0) is 6.42 Å². The van der Waals surface area contributed by atoms with Crippen molar-refractivity contribution in [1.82, 2.24) is 9.97 Å². The fraction of sp³-hybridized carbons (Fsp3) is 0.0333. The first-order valence-corrected chi connectivity index (χ1v) is 24.0. The molecule has 5 nitrogen and oxygen atoms in total. The van der Waals surface area contributed by atoms with Crippen molar-refractivity contribution in [2.45, 2.75) is 17.2 Å². The lowest BCUT2D eigenvalue weighted by Gasteiger charge is -2.25. The molecule has 9 aromatic carbocycles. The van der Waals surface area contributed by atoms with Crippen molar-refractivity contribution in [3.05, 3.63) is 241 Å². The molecule has 0 saturated carbocycles. The molecule has 0 radical (unpaired) electrons. The van der Waals surface area contributed by atoms with Crippen molar-refractivity contribution in [1.29, 1.82) is 0 Å². The summed E-state index contributed by atoms with van der Waals surface area (Å²) in [7, 11) is 0. The van der Waals surface area contributed by atoms with Crippen molar-refractivity contribution >= 4 is 104 Å². The lowest BCUT2D eigenvalue weighted by molar-refractivity contribution is 0.515. The third-order valence-electron chi connectivity index (χ3n) is 12.9. The molecule has 0 aliphatic carbocycles. The zero-order chi connectivity index (χ0) is 44.4. The summed E-state index contributed by atoms with van der Waals surface area (Å²) in [6, 6.07) is 70.7. The summed E-state index contributed by atoms with van der Waals surface area (Å²) in [5, 5.41) is 5.00. The van der Waals surface area contributed by atoms with E-state index in [-0.39, 0.29) is 5.92 Å². The highest BCUT2D eigenvalue weighted by Gasteiger charge is 2.24. The Bertz CT molecular complexity index is 3870. The Labute approximate surface area is 395 Å². The van der Waals surface area contributed by atoms with E-state index in [1.54, 1.807) is 11.8 Å². The molecule has 318 valence electrons. The van der Waals surface area contributed by atoms with E-state index in [0.717, 1.165) is 50.4 Å². The fourth-order valence-electron chi connectivity index (χ4n) is 9.52. The normalized spacial score (nSPS) is 13.1. The molecule has 4 heterocycles. The minimum Gasteiger partial charge on any atom is -0.438 e. The number of hydrogen-bond acceptors (Lipinski definition) is 7. The molecule has 0 saturated heterocycles. The van der Waals surface area contributed by atoms with Gasteiger partial charge in [0.2, 0.25) is 5.89 Å². The number of thioether (sulfide) groups is 1. The average molecular weight is 898 g/mol. The van der Waals surface area contributed by atoms with Gasteiger partial charge in [-0.05, 0) is 124 Å². The van der Waals surface area contributed by atoms with Gasteiger partial charge in [-0.2, -0.15) is 0 Å². The number of para-hydroxylation sites is 3. The molecule has 7 heteroatoms. The van der Waals surface area contributed by atoms with Gasteiger partial charge in [0, 0.05) is 59.2 Å². The van der Waals surface area contributed by atoms with Gasteiger partial charge in [-0.3, -0.25) is 0 Å². The molecule has 0 spiro atoms. The minimum atomic E-state index is 0.0120. The maximum Gasteiger partial charge on any atom is 0.227 e. The topological polar surface area (TPSA) is 55.3 Å². The SMILES string of the molecule is C=C1C=C(c2ccc(C(Cc3nc4cccc(N(c5ccc(-c6nc7ccccc7o6)cc5)c5ccc6c(c5)sc5cc7ccccc7cc56)c4o3)c3ccccc3)cc2)Sc2ccccc21. The van der Waals surface area contributed by atoms with Crippen LogP contribution in [0.4, 0.5) is 17.1 Å². The largest absolute Gasteiger partial charge is 0.438 e. The highest BCUT2D eigenvalue weighted by atomic mass is 32.2. The smallest absolute Gasteiger partial charge is 0.227 e. The van der Waals surface area contributed by atoms with Gasteiger partial charge in [-0.1, -0.05) is 140 Å². The number of anilines is 3. The van der Waals surface area contributed by atoms with E-state index in [2.05, 4.69) is 187 Å². The van der Waals surface area contributed by atoms with Gasteiger partial charge in [0.1, 0.15) is 11.0 Å². The fourth-order valence-corrected chi connectivity index (χ4v) is 11.8. The Morgan fingerprint density at radius 3 is 2.10 bits per heavy atom. The van der Waals surface area contributed by atoms with Gasteiger partial charge in [0.15, 0.2) is 17.1 Å². The molecule has 0 fully saturated rings. The summed E-state index contributed by atoms with van der Waals surface area (Å²) >= 11 is 3.62. The van der Waals surface area contributed by atoms with Crippen LogP contribution in [0.25, 0.3) is 75.1 Å². The van der Waals surface area contributed by atoms with Crippen molar-refractivity contribution < 1.29 is 8.83 Å². The molecule has 1 aliphatic rings. The Morgan fingerprint density at radius 2 is 1.25 bits per heavy atom. The second kappa shape index (κ2) is 16.2. The second-order valence-corrected chi connectivity index (χ2v) is 19.2. The first kappa shape index (κ1) is 39.4. The highest BCUT2D eigenvalue weighted by molar-refractivity contribution is 8.08. The maximum atomic E-state index is 6.97. The van der Waals surface area contributed by atoms with Crippen molar-refractivity contribution in [3.63, 3.8) is 0 Å². The predicted molar refractivity (Wildman–Crippen MR) is 280 cm³/mol. The first-order chi connectivity index (χ1) is 33.1. The third-order valence-corrected chi connectivity index (χ3v) is 15.1. The Balaban J connectivity index is 0.891. The molecule has 3 aromatic heterocycles. The van der Waals surface area contributed by atoms with Crippen LogP contribution < -0.4 is 4.90 Å². The standard InChI is InChI=1S/C60H39N3O2S2/c1-37-32-55(66-54-21-10-7-16-46(37)54)40-24-22-39(23-25-40)48(38-12-3-2-4-13-38)36-58-61-51-18-11-19-52(59(51)65-58)63(44-28-26-41(27-29-44)60-62-50-17-8-9-20-53(50)64-60)45-30-31-47-49-33-42-14-5-6-15-43(42)34-56(49)67-57(47)35-45/h2-35,48H,1,36H2. The van der Waals surface area contributed by atoms with Crippen LogP contribution in [0, 0.1) is 0 Å². The number of rotatable bonds is 9. The molecule has 1 aliphatic heterocycles. The zero-order valence-electron chi connectivity index (χ0n) is 36.1. The summed E-state index contributed by atoms with van der Waals surface area (Å²) in [5.74, 6) is 1.28. The second-order valence-electron chi connectivity index (χ2n) is 17.0. The van der Waals surface area contributed by atoms with E-state index in [9.17, 15) is 0 Å². The maximum absolute atomic E-state index is 6.97. The molecule has 0 bridgehead atoms. The summed E-state index contributed by atoms with van der Waals surface area (Å²) in [5.41, 5.74) is 12.7. The number of thiophene rings is 1. The average Bonchev–Trinajstić information content (AvgIpc) is 4.11. The number of benzene rings is 9. The predicted octanol–water partition coefficient (Wildman–Crippen LogP) is 17.2. The van der Waals surface area contributed by atoms with E-state index in [0.29, 0.717) is 18.2 Å². The molecule has 1 unspecified atom stereocenters. The van der Waals surface area contributed by atoms with E-state index in [1.807, 2.05) is 41.7 Å². The van der Waals surface area contributed by atoms with Gasteiger partial charge in [0.05, 0.1) is 5.69 Å². The summed E-state index contributed by atoms with van der Waals surface area (Å²) in [6.45, 7) is 4.37. The van der Waals surface area contributed by atoms with E-state index < -0.39 is 0 Å². The molecule has 13 rings (SSSR count). The van der Waals surface area contributed by atoms with Gasteiger partial charge >= 0.3 is 0 Å². The summed E-state index contributed by atoms with van der Waals surface area (Å²) < 4.78 is 15.6. The van der Waals surface area contributed by atoms with Crippen LogP contribution in [0.15, 0.2) is 227 Å². The number of hydrogen-bond donors (Lipinski definition) is 0. The van der Waals surface area contributed by atoms with Crippen LogP contribution in [0.3, 0.4) is 0 Å². The number of allylic oxidation sites excluding steroid dienone is 2. The van der Waals surface area contributed by atoms with Crippen LogP contribution in [0.1, 0.15) is 34.1 Å². The first-order valence-electron chi connectivity index (χ1n) is 22.4. The van der Waals surface area contributed by atoms with E-state index in [1.165, 1.54) is 63.0 Å². The van der Waals surface area contributed by atoms with Crippen molar-refractivity contribution in [2.75, 3.05) is 4.90 Å². The van der Waals surface area contributed by atoms with Crippen LogP contribution in [-0.4, -0.2) is 9.97 Å². The highest BCUT2D eigenvalue weighted by Crippen LogP contribution is 2.46. The van der Waals surface area contributed by atoms with E-state index >= 15 is 0 Å². The molecule has 0 N–H and O–H groups in total. The number of nitrogens with zero attached hydrogens (tertiary/aromatic N) is 3. The molecule has 0 amide bonds. The van der Waals surface area contributed by atoms with Crippen LogP contribution in [0.5, 0.6) is 0 Å². The van der Waals surface area contributed by atoms with E-state index in [4.69, 9.17) is 18.8 Å². The third kappa shape index (κ3) is 7.11. The van der Waals surface area contributed by atoms with Gasteiger partial charge in [0.25, 0.3) is 0 Å². The Morgan fingerprint density at radius 1 is 0.552 bits per heavy atom. The molecular weight excluding hydrogens is 859 g/mol. The summed E-state index contributed by atoms with van der Waals surface area (Å²) in [4.78, 5) is 14.7. The van der Waals surface area contributed by atoms with Crippen LogP contribution in [0.2, 0.25) is 0 Å². The quantitative estimate of drug-likeness (QED) is 0.144. The molecule has 67 heavy (non-hydrogen) atoms. The van der Waals surface area contributed by atoms with Gasteiger partial charge in [-0.15, -0.1) is 11.3 Å². The summed E-state index contributed by atoms with van der Waals surface area (Å²) in [6.07, 6.45) is 2.78. The lowest BCUT2D eigenvalue weighted by atomic mass is 9.88. The van der Waals surface area contributed by atoms with Crippen molar-refractivity contribution in [3.8, 4) is 11.5 Å².